The number of aliphatic hydroxyl groups is 1. The van der Waals surface area contributed by atoms with Gasteiger partial charge in [0.15, 0.2) is 5.78 Å². The molecule has 0 amide bonds. The smallest absolute Gasteiger partial charge is 0.252 e. The van der Waals surface area contributed by atoms with Gasteiger partial charge in [0, 0.05) is 0 Å². The third kappa shape index (κ3) is 1.77. The van der Waals surface area contributed by atoms with Crippen molar-refractivity contribution in [2.24, 2.45) is 11.8 Å². The van der Waals surface area contributed by atoms with E-state index in [1.165, 1.54) is 0 Å². The van der Waals surface area contributed by atoms with E-state index >= 15 is 0 Å². The summed E-state index contributed by atoms with van der Waals surface area (Å²) in [5.41, 5.74) is 4.47. The van der Waals surface area contributed by atoms with Crippen molar-refractivity contribution in [2.45, 2.75) is 45.4 Å². The lowest BCUT2D eigenvalue weighted by molar-refractivity contribution is -0.118. The number of fused-ring (bicyclic) bond motifs is 5. The Kier molecular flexibility index (Phi) is 2.95. The van der Waals surface area contributed by atoms with Gasteiger partial charge in [-0.15, -0.1) is 0 Å². The molecule has 0 radical (unpaired) electrons. The number of Topliss-reactive ketones (excluding diaryl/α,β-unsaturated/α-hetero) is 1. The fourth-order valence-corrected chi connectivity index (χ4v) is 4.78. The van der Waals surface area contributed by atoms with E-state index < -0.39 is 0 Å². The highest BCUT2D eigenvalue weighted by Crippen LogP contribution is 2.54. The van der Waals surface area contributed by atoms with Gasteiger partial charge in [-0.05, 0) is 37.5 Å². The Bertz CT molecular complexity index is 778. The number of allylic oxidation sites excluding steroid dienone is 1. The minimum absolute atomic E-state index is 0.0153. The van der Waals surface area contributed by atoms with Gasteiger partial charge in [0.2, 0.25) is 0 Å². The van der Waals surface area contributed by atoms with Gasteiger partial charge in [-0.25, -0.2) is 6.57 Å². The van der Waals surface area contributed by atoms with Crippen LogP contribution in [0.15, 0.2) is 17.9 Å². The number of aliphatic hydroxyl groups excluding tert-OH is 1. The van der Waals surface area contributed by atoms with E-state index in [1.807, 2.05) is 32.9 Å². The van der Waals surface area contributed by atoms with E-state index in [4.69, 9.17) is 11.3 Å². The predicted octanol–water partition coefficient (Wildman–Crippen LogP) is 3.16. The van der Waals surface area contributed by atoms with E-state index in [9.17, 15) is 9.90 Å². The SMILES string of the molecule is [C-]#[N+][C@@H]1C[C@@H]2O[C@H]1[C@H]1C(O)=C(c3c(C)cc(C)cc3C)C(=O)[C@H]12. The Balaban J connectivity index is 1.85. The second-order valence-electron chi connectivity index (χ2n) is 7.02. The molecular weight excluding hydrogens is 290 g/mol. The number of ether oxygens (including phenoxy) is 1. The predicted molar refractivity (Wildman–Crippen MR) is 85.9 cm³/mol. The second-order valence-corrected chi connectivity index (χ2v) is 7.02. The Morgan fingerprint density at radius 1 is 1.22 bits per heavy atom. The average Bonchev–Trinajstić information content (AvgIpc) is 3.12. The summed E-state index contributed by atoms with van der Waals surface area (Å²) >= 11 is 0. The molecule has 0 unspecified atom stereocenters. The topological polar surface area (TPSA) is 50.9 Å². The zero-order valence-corrected chi connectivity index (χ0v) is 13.5. The average molecular weight is 309 g/mol. The van der Waals surface area contributed by atoms with Crippen molar-refractivity contribution >= 4 is 11.4 Å². The van der Waals surface area contributed by atoms with Gasteiger partial charge >= 0.3 is 0 Å². The number of rotatable bonds is 1. The number of benzene rings is 1. The van der Waals surface area contributed by atoms with Crippen molar-refractivity contribution in [3.63, 3.8) is 0 Å². The summed E-state index contributed by atoms with van der Waals surface area (Å²) in [6, 6.07) is 3.84. The first kappa shape index (κ1) is 14.5. The van der Waals surface area contributed by atoms with Gasteiger partial charge in [-0.1, -0.05) is 17.7 Å². The van der Waals surface area contributed by atoms with Crippen LogP contribution >= 0.6 is 0 Å². The maximum Gasteiger partial charge on any atom is 0.252 e. The third-order valence-corrected chi connectivity index (χ3v) is 5.54. The third-order valence-electron chi connectivity index (χ3n) is 5.54. The minimum atomic E-state index is -0.338. The minimum Gasteiger partial charge on any atom is -0.511 e. The Hall–Kier alpha value is -2.12. The second kappa shape index (κ2) is 4.69. The van der Waals surface area contributed by atoms with Crippen molar-refractivity contribution < 1.29 is 14.6 Å². The van der Waals surface area contributed by atoms with Crippen LogP contribution in [0, 0.1) is 39.2 Å². The molecule has 2 bridgehead atoms. The summed E-state index contributed by atoms with van der Waals surface area (Å²) in [4.78, 5) is 16.6. The highest BCUT2D eigenvalue weighted by molar-refractivity contribution is 6.26. The van der Waals surface area contributed by atoms with E-state index in [0.29, 0.717) is 12.0 Å². The molecule has 0 aromatic heterocycles. The first-order valence-electron chi connectivity index (χ1n) is 8.01. The first-order valence-corrected chi connectivity index (χ1v) is 8.01. The normalized spacial score (nSPS) is 34.9. The maximum absolute atomic E-state index is 13.0. The fraction of sp³-hybridized carbons (Fsp3) is 0.474. The molecule has 4 heteroatoms. The van der Waals surface area contributed by atoms with E-state index in [0.717, 1.165) is 22.3 Å². The van der Waals surface area contributed by atoms with Crippen LogP contribution in [0.2, 0.25) is 0 Å². The maximum atomic E-state index is 13.0. The molecule has 1 aromatic carbocycles. The summed E-state index contributed by atoms with van der Waals surface area (Å²) < 4.78 is 5.82. The fourth-order valence-electron chi connectivity index (χ4n) is 4.78. The van der Waals surface area contributed by atoms with Crippen LogP contribution in [0.4, 0.5) is 0 Å². The molecule has 0 spiro atoms. The quantitative estimate of drug-likeness (QED) is 0.811. The summed E-state index contributed by atoms with van der Waals surface area (Å²) in [7, 11) is 0. The van der Waals surface area contributed by atoms with E-state index in [2.05, 4.69) is 4.85 Å². The lowest BCUT2D eigenvalue weighted by atomic mass is 9.78. The summed E-state index contributed by atoms with van der Waals surface area (Å²) in [5.74, 6) is -0.530. The number of carbonyl (C=O) groups is 1. The molecule has 4 rings (SSSR count). The van der Waals surface area contributed by atoms with Gasteiger partial charge in [0.05, 0.1) is 29.9 Å². The van der Waals surface area contributed by atoms with Gasteiger partial charge < -0.3 is 14.7 Å². The lowest BCUT2D eigenvalue weighted by Crippen LogP contribution is -2.35. The number of ketones is 1. The molecule has 1 N–H and O–H groups in total. The lowest BCUT2D eigenvalue weighted by Gasteiger charge is -2.20. The Labute approximate surface area is 135 Å². The van der Waals surface area contributed by atoms with Crippen LogP contribution in [0.5, 0.6) is 0 Å². The molecule has 23 heavy (non-hydrogen) atoms. The molecule has 4 nitrogen and oxygen atoms in total. The number of hydrogen-bond donors (Lipinski definition) is 1. The van der Waals surface area contributed by atoms with E-state index in [1.54, 1.807) is 0 Å². The standard InChI is InChI=1S/C19H19NO3/c1-8-5-9(2)13(10(3)6-8)15-17(21)14-12-7-11(20-4)19(23-12)16(14)18(15)22/h5-6,11-12,14,16,19,22H,7H2,1-3H3/t11-,12+,14+,16-,19-/m1/s1. The molecule has 118 valence electrons. The molecule has 5 atom stereocenters. The van der Waals surface area contributed by atoms with Crippen molar-refractivity contribution in [2.75, 3.05) is 0 Å². The number of carbonyl (C=O) groups excluding carboxylic acids is 1. The monoisotopic (exact) mass is 309 g/mol. The van der Waals surface area contributed by atoms with Gasteiger partial charge in [-0.2, -0.15) is 0 Å². The van der Waals surface area contributed by atoms with Crippen LogP contribution in [-0.2, 0) is 9.53 Å². The van der Waals surface area contributed by atoms with Gasteiger partial charge in [0.1, 0.15) is 11.9 Å². The van der Waals surface area contributed by atoms with Crippen LogP contribution in [0.3, 0.4) is 0 Å². The number of nitrogens with zero attached hydrogens (tertiary/aromatic N) is 1. The van der Waals surface area contributed by atoms with Crippen LogP contribution in [0.25, 0.3) is 10.4 Å². The molecule has 2 fully saturated rings. The van der Waals surface area contributed by atoms with Crippen LogP contribution in [0.1, 0.15) is 28.7 Å². The summed E-state index contributed by atoms with van der Waals surface area (Å²) in [6.45, 7) is 13.3. The molecule has 0 saturated carbocycles. The van der Waals surface area contributed by atoms with Gasteiger partial charge in [0.25, 0.3) is 6.04 Å². The highest BCUT2D eigenvalue weighted by atomic mass is 16.5. The van der Waals surface area contributed by atoms with Crippen LogP contribution in [-0.4, -0.2) is 29.1 Å². The molecule has 1 aliphatic carbocycles. The molecular formula is C19H19NO3. The molecule has 2 saturated heterocycles. The first-order chi connectivity index (χ1) is 10.9. The molecule has 2 heterocycles. The largest absolute Gasteiger partial charge is 0.511 e. The highest BCUT2D eigenvalue weighted by Gasteiger charge is 2.65. The summed E-state index contributed by atoms with van der Waals surface area (Å²) in [6.07, 6.45) is 0.0466. The number of aryl methyl sites for hydroxylation is 3. The molecule has 3 aliphatic rings. The molecule has 1 aromatic rings. The van der Waals surface area contributed by atoms with Crippen molar-refractivity contribution in [1.82, 2.24) is 0 Å². The number of hydrogen-bond acceptors (Lipinski definition) is 3. The van der Waals surface area contributed by atoms with Crippen LogP contribution < -0.4 is 0 Å². The van der Waals surface area contributed by atoms with Gasteiger partial charge in [-0.3, -0.25) is 4.79 Å². The van der Waals surface area contributed by atoms with Crippen molar-refractivity contribution in [1.29, 1.82) is 0 Å². The Morgan fingerprint density at radius 2 is 1.87 bits per heavy atom. The zero-order valence-electron chi connectivity index (χ0n) is 13.5. The Morgan fingerprint density at radius 3 is 2.48 bits per heavy atom. The summed E-state index contributed by atoms with van der Waals surface area (Å²) in [5, 5.41) is 10.8. The van der Waals surface area contributed by atoms with E-state index in [-0.39, 0.29) is 41.6 Å². The molecule has 2 aliphatic heterocycles. The van der Waals surface area contributed by atoms with Crippen molar-refractivity contribution in [3.05, 3.63) is 51.6 Å². The zero-order chi connectivity index (χ0) is 16.5. The van der Waals surface area contributed by atoms with Crippen molar-refractivity contribution in [3.8, 4) is 0 Å².